The van der Waals surface area contributed by atoms with Crippen molar-refractivity contribution in [3.63, 3.8) is 0 Å². The van der Waals surface area contributed by atoms with Gasteiger partial charge in [0.15, 0.2) is 0 Å². The Kier molecular flexibility index (Phi) is 7.43. The van der Waals surface area contributed by atoms with E-state index in [0.29, 0.717) is 50.2 Å². The molecule has 0 unspecified atom stereocenters. The van der Waals surface area contributed by atoms with Crippen LogP contribution in [-0.4, -0.2) is 37.6 Å². The van der Waals surface area contributed by atoms with Gasteiger partial charge in [-0.3, -0.25) is 14.9 Å². The summed E-state index contributed by atoms with van der Waals surface area (Å²) in [5, 5.41) is 9.35. The first-order chi connectivity index (χ1) is 18.0. The lowest BCUT2D eigenvalue weighted by molar-refractivity contribution is -0.122. The second kappa shape index (κ2) is 10.6. The fraction of sp³-hybridized carbons (Fsp3) is 0.179. The highest BCUT2D eigenvalue weighted by Gasteiger charge is 2.29. The maximum atomic E-state index is 13.1. The number of carbonyl (C=O) groups is 3. The quantitative estimate of drug-likeness (QED) is 0.325. The van der Waals surface area contributed by atoms with E-state index in [-0.39, 0.29) is 11.8 Å². The molecule has 1 aliphatic heterocycles. The number of hydrogen-bond acceptors (Lipinski definition) is 6. The molecule has 0 spiro atoms. The molecule has 1 heterocycles. The number of hydrogen-bond donors (Lipinski definition) is 4. The Bertz CT molecular complexity index is 1430. The van der Waals surface area contributed by atoms with Gasteiger partial charge in [-0.2, -0.15) is 0 Å². The number of carbonyl (C=O) groups excluding carboxylic acids is 3. The van der Waals surface area contributed by atoms with Crippen LogP contribution in [-0.2, 0) is 14.3 Å². The molecule has 0 aromatic heterocycles. The lowest BCUT2D eigenvalue weighted by Gasteiger charge is -2.26. The molecule has 0 saturated carbocycles. The number of rotatable bonds is 6. The van der Waals surface area contributed by atoms with E-state index in [2.05, 4.69) is 20.7 Å². The predicted molar refractivity (Wildman–Crippen MR) is 151 cm³/mol. The number of benzene rings is 3. The highest BCUT2D eigenvalue weighted by atomic mass is 35.5. The summed E-state index contributed by atoms with van der Waals surface area (Å²) in [6.45, 7) is 3.31. The van der Waals surface area contributed by atoms with Crippen molar-refractivity contribution in [3.05, 3.63) is 82.9 Å². The Labute approximate surface area is 225 Å². The van der Waals surface area contributed by atoms with Crippen LogP contribution in [0.2, 0.25) is 5.02 Å². The van der Waals surface area contributed by atoms with Crippen LogP contribution in [0.5, 0.6) is 0 Å². The average molecular weight is 534 g/mol. The molecule has 0 aliphatic carbocycles. The molecule has 9 nitrogen and oxygen atoms in total. The number of nitrogens with one attached hydrogen (secondary N) is 3. The Morgan fingerprint density at radius 2 is 1.58 bits per heavy atom. The number of nitrogens with two attached hydrogens (primary N) is 1. The second-order valence-corrected chi connectivity index (χ2v) is 9.78. The van der Waals surface area contributed by atoms with Crippen molar-refractivity contribution in [1.29, 1.82) is 0 Å². The standard InChI is InChI=1S/C28H28ClN5O4/c1-28(2,30)26(36)34(3)20-12-10-18(11-13-20)31-24(16-5-8-19(9-6-16)32-27(37)38-4)23-21-14-7-17(29)15-22(21)33-25(23)35/h5-15,31H,30H2,1-4H3,(H,32,37)(H,33,35)/b24-23-. The SMILES string of the molecule is COC(=O)Nc1ccc(/C(Nc2ccc(N(C)C(=O)C(C)(C)N)cc2)=C2/C(=O)Nc3cc(Cl)ccc32)cc1. The van der Waals surface area contributed by atoms with E-state index in [4.69, 9.17) is 17.3 Å². The first-order valence-corrected chi connectivity index (χ1v) is 12.1. The van der Waals surface area contributed by atoms with Crippen LogP contribution < -0.4 is 26.6 Å². The molecule has 0 atom stereocenters. The molecule has 0 bridgehead atoms. The number of nitrogens with zero attached hydrogens (tertiary/aromatic N) is 1. The molecule has 5 N–H and O–H groups in total. The summed E-state index contributed by atoms with van der Waals surface area (Å²) in [6.07, 6.45) is -0.586. The third-order valence-corrected chi connectivity index (χ3v) is 6.20. The minimum absolute atomic E-state index is 0.223. The van der Waals surface area contributed by atoms with Gasteiger partial charge in [0.1, 0.15) is 0 Å². The largest absolute Gasteiger partial charge is 0.453 e. The van der Waals surface area contributed by atoms with Crippen molar-refractivity contribution < 1.29 is 19.1 Å². The van der Waals surface area contributed by atoms with Gasteiger partial charge in [0.05, 0.1) is 29.6 Å². The molecule has 196 valence electrons. The monoisotopic (exact) mass is 533 g/mol. The van der Waals surface area contributed by atoms with E-state index >= 15 is 0 Å². The number of likely N-dealkylation sites (N-methyl/N-ethyl adjacent to an activating group) is 1. The number of halogens is 1. The number of ether oxygens (including phenoxy) is 1. The summed E-state index contributed by atoms with van der Waals surface area (Å²) < 4.78 is 4.65. The summed E-state index contributed by atoms with van der Waals surface area (Å²) in [5.41, 5.74) is 9.86. The zero-order valence-electron chi connectivity index (χ0n) is 21.4. The van der Waals surface area contributed by atoms with Crippen molar-refractivity contribution in [2.45, 2.75) is 19.4 Å². The van der Waals surface area contributed by atoms with Gasteiger partial charge < -0.3 is 26.0 Å². The van der Waals surface area contributed by atoms with Crippen molar-refractivity contribution in [2.24, 2.45) is 5.73 Å². The average Bonchev–Trinajstić information content (AvgIpc) is 3.21. The van der Waals surface area contributed by atoms with E-state index in [1.54, 1.807) is 75.5 Å². The van der Waals surface area contributed by atoms with E-state index in [0.717, 1.165) is 0 Å². The lowest BCUT2D eigenvalue weighted by atomic mass is 9.99. The van der Waals surface area contributed by atoms with Gasteiger partial charge in [-0.1, -0.05) is 29.8 Å². The van der Waals surface area contributed by atoms with Crippen molar-refractivity contribution in [2.75, 3.05) is 35.0 Å². The number of fused-ring (bicyclic) bond motifs is 1. The third-order valence-electron chi connectivity index (χ3n) is 5.96. The lowest BCUT2D eigenvalue weighted by Crippen LogP contribution is -2.49. The van der Waals surface area contributed by atoms with Gasteiger partial charge >= 0.3 is 6.09 Å². The summed E-state index contributed by atoms with van der Waals surface area (Å²) >= 11 is 6.14. The molecule has 3 aromatic carbocycles. The minimum atomic E-state index is -1.01. The molecule has 0 saturated heterocycles. The molecule has 0 radical (unpaired) electrons. The molecule has 3 aromatic rings. The molecule has 3 amide bonds. The van der Waals surface area contributed by atoms with Gasteiger partial charge in [0.25, 0.3) is 5.91 Å². The van der Waals surface area contributed by atoms with Crippen LogP contribution in [0.3, 0.4) is 0 Å². The molecule has 4 rings (SSSR count). The van der Waals surface area contributed by atoms with Gasteiger partial charge in [-0.15, -0.1) is 0 Å². The van der Waals surface area contributed by atoms with Crippen molar-refractivity contribution >= 4 is 63.5 Å². The number of methoxy groups -OCH3 is 1. The summed E-state index contributed by atoms with van der Waals surface area (Å²) in [4.78, 5) is 38.8. The fourth-order valence-electron chi connectivity index (χ4n) is 4.02. The summed E-state index contributed by atoms with van der Waals surface area (Å²) in [5.74, 6) is -0.506. The predicted octanol–water partition coefficient (Wildman–Crippen LogP) is 5.15. The highest BCUT2D eigenvalue weighted by molar-refractivity contribution is 6.38. The van der Waals surface area contributed by atoms with Crippen LogP contribution in [0.4, 0.5) is 27.5 Å². The van der Waals surface area contributed by atoms with Crippen LogP contribution >= 0.6 is 11.6 Å². The van der Waals surface area contributed by atoms with Gasteiger partial charge in [0, 0.05) is 34.7 Å². The van der Waals surface area contributed by atoms with E-state index in [1.165, 1.54) is 12.0 Å². The van der Waals surface area contributed by atoms with E-state index < -0.39 is 11.6 Å². The summed E-state index contributed by atoms with van der Waals surface area (Å²) in [6, 6.07) is 19.4. The van der Waals surface area contributed by atoms with Gasteiger partial charge in [-0.25, -0.2) is 4.79 Å². The first-order valence-electron chi connectivity index (χ1n) is 11.7. The van der Waals surface area contributed by atoms with Gasteiger partial charge in [0.2, 0.25) is 5.91 Å². The highest BCUT2D eigenvalue weighted by Crippen LogP contribution is 2.39. The summed E-state index contributed by atoms with van der Waals surface area (Å²) in [7, 11) is 2.95. The van der Waals surface area contributed by atoms with E-state index in [1.807, 2.05) is 12.1 Å². The van der Waals surface area contributed by atoms with Crippen LogP contribution in [0.15, 0.2) is 66.7 Å². The third kappa shape index (κ3) is 5.64. The number of anilines is 4. The Balaban J connectivity index is 1.73. The molecular formula is C28H28ClN5O4. The zero-order chi connectivity index (χ0) is 27.6. The minimum Gasteiger partial charge on any atom is -0.453 e. The van der Waals surface area contributed by atoms with Gasteiger partial charge in [-0.05, 0) is 67.9 Å². The Hall–Kier alpha value is -4.34. The maximum absolute atomic E-state index is 13.1. The molecule has 38 heavy (non-hydrogen) atoms. The second-order valence-electron chi connectivity index (χ2n) is 9.35. The van der Waals surface area contributed by atoms with Crippen LogP contribution in [0, 0.1) is 0 Å². The molecule has 10 heteroatoms. The number of amides is 3. The van der Waals surface area contributed by atoms with Crippen LogP contribution in [0.1, 0.15) is 25.0 Å². The van der Waals surface area contributed by atoms with Crippen LogP contribution in [0.25, 0.3) is 11.3 Å². The maximum Gasteiger partial charge on any atom is 0.411 e. The van der Waals surface area contributed by atoms with Crippen molar-refractivity contribution in [1.82, 2.24) is 0 Å². The molecule has 1 aliphatic rings. The fourth-order valence-corrected chi connectivity index (χ4v) is 4.20. The zero-order valence-corrected chi connectivity index (χ0v) is 22.1. The molecular weight excluding hydrogens is 506 g/mol. The first kappa shape index (κ1) is 26.7. The Morgan fingerprint density at radius 1 is 0.974 bits per heavy atom. The van der Waals surface area contributed by atoms with Crippen molar-refractivity contribution in [3.8, 4) is 0 Å². The molecule has 0 fully saturated rings. The Morgan fingerprint density at radius 3 is 2.18 bits per heavy atom. The normalized spacial score (nSPS) is 13.8. The van der Waals surface area contributed by atoms with E-state index in [9.17, 15) is 14.4 Å². The topological polar surface area (TPSA) is 126 Å². The smallest absolute Gasteiger partial charge is 0.411 e.